The second-order valence-corrected chi connectivity index (χ2v) is 5.86. The fourth-order valence-electron chi connectivity index (χ4n) is 3.20. The minimum atomic E-state index is -0.779. The average Bonchev–Trinajstić information content (AvgIpc) is 2.46. The largest absolute Gasteiger partial charge is 0.481 e. The van der Waals surface area contributed by atoms with Crippen LogP contribution in [0.5, 0.6) is 0 Å². The van der Waals surface area contributed by atoms with Crippen molar-refractivity contribution in [1.82, 2.24) is 4.90 Å². The number of hydrogen-bond donors (Lipinski definition) is 1. The van der Waals surface area contributed by atoms with Crippen molar-refractivity contribution in [2.24, 2.45) is 0 Å². The van der Waals surface area contributed by atoms with E-state index in [1.54, 1.807) is 0 Å². The maximum absolute atomic E-state index is 12.4. The third kappa shape index (κ3) is 4.47. The Morgan fingerprint density at radius 2 is 1.95 bits per heavy atom. The van der Waals surface area contributed by atoms with Gasteiger partial charge >= 0.3 is 5.97 Å². The third-order valence-electron chi connectivity index (χ3n) is 4.32. The first-order valence-corrected chi connectivity index (χ1v) is 7.79. The van der Waals surface area contributed by atoms with Gasteiger partial charge in [-0.3, -0.25) is 9.59 Å². The van der Waals surface area contributed by atoms with Crippen molar-refractivity contribution in [3.63, 3.8) is 0 Å². The third-order valence-corrected chi connectivity index (χ3v) is 4.32. The van der Waals surface area contributed by atoms with E-state index in [0.29, 0.717) is 12.8 Å². The molecule has 2 fully saturated rings. The van der Waals surface area contributed by atoms with E-state index in [1.807, 2.05) is 4.90 Å². The summed E-state index contributed by atoms with van der Waals surface area (Å²) in [5.41, 5.74) is 0. The lowest BCUT2D eigenvalue weighted by Gasteiger charge is -2.37. The zero-order chi connectivity index (χ0) is 14.4. The van der Waals surface area contributed by atoms with Crippen molar-refractivity contribution in [2.75, 3.05) is 13.2 Å². The van der Waals surface area contributed by atoms with Crippen LogP contribution in [0.25, 0.3) is 0 Å². The molecule has 114 valence electrons. The quantitative estimate of drug-likeness (QED) is 0.840. The zero-order valence-corrected chi connectivity index (χ0v) is 12.1. The summed E-state index contributed by atoms with van der Waals surface area (Å²) < 4.78 is 5.63. The minimum absolute atomic E-state index is 0.0679. The summed E-state index contributed by atoms with van der Waals surface area (Å²) in [4.78, 5) is 25.0. The first-order chi connectivity index (χ1) is 9.66. The van der Waals surface area contributed by atoms with Gasteiger partial charge in [-0.25, -0.2) is 0 Å². The Labute approximate surface area is 120 Å². The summed E-state index contributed by atoms with van der Waals surface area (Å²) in [7, 11) is 0. The standard InChI is InChI=1S/C15H25NO4/c17-14(11-13-6-2-4-10-20-13)16-9-3-1-5-12(16)7-8-15(18)19/h12-13H,1-11H2,(H,18,19)/t12-,13+/m0/s1. The van der Waals surface area contributed by atoms with Gasteiger partial charge in [0.05, 0.1) is 12.5 Å². The fourth-order valence-corrected chi connectivity index (χ4v) is 3.20. The number of amides is 1. The maximum atomic E-state index is 12.4. The van der Waals surface area contributed by atoms with Crippen LogP contribution in [0.3, 0.4) is 0 Å². The van der Waals surface area contributed by atoms with Crippen molar-refractivity contribution in [3.8, 4) is 0 Å². The number of hydrogen-bond acceptors (Lipinski definition) is 3. The molecule has 2 aliphatic rings. The van der Waals surface area contributed by atoms with Crippen molar-refractivity contribution in [2.45, 2.75) is 69.9 Å². The Morgan fingerprint density at radius 3 is 2.65 bits per heavy atom. The number of carbonyl (C=O) groups excluding carboxylic acids is 1. The number of carbonyl (C=O) groups is 2. The number of rotatable bonds is 5. The predicted octanol–water partition coefficient (Wildman–Crippen LogP) is 2.19. The van der Waals surface area contributed by atoms with Gasteiger partial charge in [0.15, 0.2) is 0 Å². The first kappa shape index (κ1) is 15.3. The summed E-state index contributed by atoms with van der Waals surface area (Å²) >= 11 is 0. The molecule has 0 aromatic carbocycles. The van der Waals surface area contributed by atoms with E-state index in [9.17, 15) is 9.59 Å². The van der Waals surface area contributed by atoms with E-state index in [4.69, 9.17) is 9.84 Å². The highest BCUT2D eigenvalue weighted by Crippen LogP contribution is 2.24. The second kappa shape index (κ2) is 7.62. The molecule has 0 unspecified atom stereocenters. The Kier molecular flexibility index (Phi) is 5.83. The highest BCUT2D eigenvalue weighted by Gasteiger charge is 2.29. The second-order valence-electron chi connectivity index (χ2n) is 5.86. The molecule has 1 amide bonds. The van der Waals surface area contributed by atoms with Crippen molar-refractivity contribution in [3.05, 3.63) is 0 Å². The zero-order valence-electron chi connectivity index (χ0n) is 12.1. The minimum Gasteiger partial charge on any atom is -0.481 e. The summed E-state index contributed by atoms with van der Waals surface area (Å²) in [5.74, 6) is -0.634. The van der Waals surface area contributed by atoms with Gasteiger partial charge in [0.25, 0.3) is 0 Å². The van der Waals surface area contributed by atoms with E-state index in [0.717, 1.165) is 51.7 Å². The first-order valence-electron chi connectivity index (χ1n) is 7.79. The van der Waals surface area contributed by atoms with Crippen LogP contribution in [0, 0.1) is 0 Å². The molecular formula is C15H25NO4. The Balaban J connectivity index is 1.85. The summed E-state index contributed by atoms with van der Waals surface area (Å²) in [5, 5.41) is 8.81. The van der Waals surface area contributed by atoms with Gasteiger partial charge in [0.1, 0.15) is 0 Å². The van der Waals surface area contributed by atoms with Crippen LogP contribution in [0.2, 0.25) is 0 Å². The van der Waals surface area contributed by atoms with E-state index >= 15 is 0 Å². The van der Waals surface area contributed by atoms with Gasteiger partial charge in [-0.15, -0.1) is 0 Å². The molecule has 0 aliphatic carbocycles. The van der Waals surface area contributed by atoms with Gasteiger partial charge in [-0.1, -0.05) is 0 Å². The molecule has 1 N–H and O–H groups in total. The molecule has 20 heavy (non-hydrogen) atoms. The highest BCUT2D eigenvalue weighted by molar-refractivity contribution is 5.77. The number of aliphatic carboxylic acids is 1. The summed E-state index contributed by atoms with van der Waals surface area (Å²) in [6.45, 7) is 1.54. The number of ether oxygens (including phenoxy) is 1. The summed E-state index contributed by atoms with van der Waals surface area (Å²) in [6, 6.07) is 0.107. The van der Waals surface area contributed by atoms with Crippen LogP contribution in [-0.4, -0.2) is 47.2 Å². The molecule has 0 aromatic rings. The van der Waals surface area contributed by atoms with Crippen LogP contribution in [-0.2, 0) is 14.3 Å². The number of carboxylic acid groups (broad SMARTS) is 1. The molecule has 2 atom stereocenters. The van der Waals surface area contributed by atoms with Crippen LogP contribution in [0.1, 0.15) is 57.8 Å². The predicted molar refractivity (Wildman–Crippen MR) is 74.4 cm³/mol. The lowest BCUT2D eigenvalue weighted by molar-refractivity contribution is -0.142. The smallest absolute Gasteiger partial charge is 0.303 e. The SMILES string of the molecule is O=C(O)CC[C@@H]1CCCCN1C(=O)C[C@H]1CCCCO1. The Hall–Kier alpha value is -1.10. The highest BCUT2D eigenvalue weighted by atomic mass is 16.5. The van der Waals surface area contributed by atoms with Crippen LogP contribution in [0.4, 0.5) is 0 Å². The number of carboxylic acids is 1. The van der Waals surface area contributed by atoms with Gasteiger partial charge < -0.3 is 14.7 Å². The molecule has 5 heteroatoms. The molecule has 0 spiro atoms. The Morgan fingerprint density at radius 1 is 1.15 bits per heavy atom. The lowest BCUT2D eigenvalue weighted by Crippen LogP contribution is -2.45. The summed E-state index contributed by atoms with van der Waals surface area (Å²) in [6.07, 6.45) is 7.51. The van der Waals surface area contributed by atoms with Gasteiger partial charge in [-0.05, 0) is 44.9 Å². The molecule has 5 nitrogen and oxygen atoms in total. The lowest BCUT2D eigenvalue weighted by atomic mass is 9.96. The molecule has 0 saturated carbocycles. The van der Waals surface area contributed by atoms with E-state index in [-0.39, 0.29) is 24.5 Å². The maximum Gasteiger partial charge on any atom is 0.303 e. The molecule has 2 heterocycles. The molecular weight excluding hydrogens is 258 g/mol. The fraction of sp³-hybridized carbons (Fsp3) is 0.867. The van der Waals surface area contributed by atoms with E-state index in [2.05, 4.69) is 0 Å². The van der Waals surface area contributed by atoms with Crippen molar-refractivity contribution < 1.29 is 19.4 Å². The van der Waals surface area contributed by atoms with Crippen LogP contribution >= 0.6 is 0 Å². The van der Waals surface area contributed by atoms with Gasteiger partial charge in [-0.2, -0.15) is 0 Å². The van der Waals surface area contributed by atoms with Crippen LogP contribution in [0.15, 0.2) is 0 Å². The van der Waals surface area contributed by atoms with Crippen molar-refractivity contribution >= 4 is 11.9 Å². The number of likely N-dealkylation sites (tertiary alicyclic amines) is 1. The topological polar surface area (TPSA) is 66.8 Å². The van der Waals surface area contributed by atoms with E-state index in [1.165, 1.54) is 0 Å². The normalized spacial score (nSPS) is 27.3. The monoisotopic (exact) mass is 283 g/mol. The molecule has 0 aromatic heterocycles. The van der Waals surface area contributed by atoms with Gasteiger partial charge in [0, 0.05) is 25.6 Å². The molecule has 0 radical (unpaired) electrons. The molecule has 2 rings (SSSR count). The molecule has 2 aliphatic heterocycles. The average molecular weight is 283 g/mol. The number of nitrogens with zero attached hydrogens (tertiary/aromatic N) is 1. The van der Waals surface area contributed by atoms with Crippen LogP contribution < -0.4 is 0 Å². The molecule has 2 saturated heterocycles. The molecule has 0 bridgehead atoms. The Bertz CT molecular complexity index is 339. The van der Waals surface area contributed by atoms with Gasteiger partial charge in [0.2, 0.25) is 5.91 Å². The number of piperidine rings is 1. The van der Waals surface area contributed by atoms with Crippen molar-refractivity contribution in [1.29, 1.82) is 0 Å². The van der Waals surface area contributed by atoms with E-state index < -0.39 is 5.97 Å².